The number of nitrogens with one attached hydrogen (secondary N) is 1. The van der Waals surface area contributed by atoms with Crippen molar-refractivity contribution in [2.24, 2.45) is 5.84 Å². The van der Waals surface area contributed by atoms with Gasteiger partial charge in [-0.1, -0.05) is 6.07 Å². The molecule has 0 atom stereocenters. The average Bonchev–Trinajstić information content (AvgIpc) is 3.13. The lowest BCUT2D eigenvalue weighted by molar-refractivity contribution is 0.182. The average molecular weight is 222 g/mol. The minimum Gasteiger partial charge on any atom is -0.395 e. The molecule has 1 aromatic heterocycles. The second-order valence-electron chi connectivity index (χ2n) is 4.08. The van der Waals surface area contributed by atoms with Gasteiger partial charge in [-0.3, -0.25) is 4.90 Å². The topological polar surface area (TPSA) is 74.4 Å². The highest BCUT2D eigenvalue weighted by Crippen LogP contribution is 2.27. The summed E-state index contributed by atoms with van der Waals surface area (Å²) in [6.45, 7) is 1.69. The lowest BCUT2D eigenvalue weighted by Crippen LogP contribution is -2.29. The van der Waals surface area contributed by atoms with E-state index in [-0.39, 0.29) is 6.61 Å². The maximum Gasteiger partial charge on any atom is 0.140 e. The van der Waals surface area contributed by atoms with Crippen molar-refractivity contribution < 1.29 is 5.11 Å². The van der Waals surface area contributed by atoms with E-state index >= 15 is 0 Å². The van der Waals surface area contributed by atoms with Crippen molar-refractivity contribution in [1.29, 1.82) is 0 Å². The highest BCUT2D eigenvalue weighted by Gasteiger charge is 2.28. The van der Waals surface area contributed by atoms with Crippen LogP contribution in [0.4, 0.5) is 5.82 Å². The first kappa shape index (κ1) is 11.3. The Kier molecular flexibility index (Phi) is 3.71. The number of hydrazine groups is 1. The molecule has 16 heavy (non-hydrogen) atoms. The number of anilines is 1. The predicted octanol–water partition coefficient (Wildman–Crippen LogP) is 0.324. The van der Waals surface area contributed by atoms with Crippen LogP contribution in [0, 0.1) is 0 Å². The fraction of sp³-hybridized carbons (Fsp3) is 0.545. The molecule has 0 aliphatic heterocycles. The van der Waals surface area contributed by atoms with Crippen molar-refractivity contribution in [3.63, 3.8) is 0 Å². The lowest BCUT2D eigenvalue weighted by Gasteiger charge is -2.20. The van der Waals surface area contributed by atoms with Crippen molar-refractivity contribution in [2.45, 2.75) is 25.4 Å². The molecule has 0 aromatic carbocycles. The van der Waals surface area contributed by atoms with Crippen molar-refractivity contribution >= 4 is 5.82 Å². The first-order valence-electron chi connectivity index (χ1n) is 5.61. The second-order valence-corrected chi connectivity index (χ2v) is 4.08. The molecule has 0 amide bonds. The number of nitrogen functional groups attached to an aromatic ring is 1. The summed E-state index contributed by atoms with van der Waals surface area (Å²) in [5, 5.41) is 9.00. The van der Waals surface area contributed by atoms with Gasteiger partial charge in [0.05, 0.1) is 12.3 Å². The van der Waals surface area contributed by atoms with Crippen molar-refractivity contribution in [3.8, 4) is 0 Å². The summed E-state index contributed by atoms with van der Waals surface area (Å²) >= 11 is 0. The smallest absolute Gasteiger partial charge is 0.140 e. The Morgan fingerprint density at radius 3 is 2.94 bits per heavy atom. The van der Waals surface area contributed by atoms with Gasteiger partial charge in [0.25, 0.3) is 0 Å². The molecule has 1 saturated carbocycles. The summed E-state index contributed by atoms with van der Waals surface area (Å²) in [7, 11) is 0. The number of aliphatic hydroxyl groups is 1. The van der Waals surface area contributed by atoms with Gasteiger partial charge in [-0.2, -0.15) is 0 Å². The van der Waals surface area contributed by atoms with Gasteiger partial charge in [0.15, 0.2) is 0 Å². The predicted molar refractivity (Wildman–Crippen MR) is 62.6 cm³/mol. The number of pyridine rings is 1. The zero-order valence-corrected chi connectivity index (χ0v) is 9.26. The van der Waals surface area contributed by atoms with E-state index in [1.807, 2.05) is 18.2 Å². The molecule has 0 radical (unpaired) electrons. The first-order valence-corrected chi connectivity index (χ1v) is 5.61. The van der Waals surface area contributed by atoms with Gasteiger partial charge in [-0.05, 0) is 25.0 Å². The standard InChI is InChI=1S/C11H18N4O/c12-14-11-3-1-2-9(13-11)8-15(6-7-16)10-4-5-10/h1-3,10,16H,4-8,12H2,(H,13,14). The van der Waals surface area contributed by atoms with Crippen LogP contribution in [0.1, 0.15) is 18.5 Å². The molecule has 0 unspecified atom stereocenters. The molecule has 1 aliphatic carbocycles. The highest BCUT2D eigenvalue weighted by molar-refractivity contribution is 5.33. The van der Waals surface area contributed by atoms with Crippen molar-refractivity contribution in [2.75, 3.05) is 18.6 Å². The summed E-state index contributed by atoms with van der Waals surface area (Å²) in [6, 6.07) is 6.37. The summed E-state index contributed by atoms with van der Waals surface area (Å²) in [5.41, 5.74) is 3.52. The molecular formula is C11H18N4O. The third-order valence-corrected chi connectivity index (χ3v) is 2.77. The Balaban J connectivity index is 1.99. The van der Waals surface area contributed by atoms with Crippen LogP contribution in [-0.4, -0.2) is 34.2 Å². The van der Waals surface area contributed by atoms with Crippen molar-refractivity contribution in [1.82, 2.24) is 9.88 Å². The van der Waals surface area contributed by atoms with E-state index in [1.54, 1.807) is 0 Å². The molecule has 1 aliphatic rings. The minimum atomic E-state index is 0.200. The lowest BCUT2D eigenvalue weighted by atomic mass is 10.3. The maximum absolute atomic E-state index is 9.00. The van der Waals surface area contributed by atoms with Gasteiger partial charge in [0, 0.05) is 19.1 Å². The fourth-order valence-electron chi connectivity index (χ4n) is 1.81. The highest BCUT2D eigenvalue weighted by atomic mass is 16.3. The van der Waals surface area contributed by atoms with E-state index in [1.165, 1.54) is 12.8 Å². The molecule has 5 heteroatoms. The molecule has 4 N–H and O–H groups in total. The molecular weight excluding hydrogens is 204 g/mol. The van der Waals surface area contributed by atoms with Crippen LogP contribution in [-0.2, 0) is 6.54 Å². The molecule has 0 saturated heterocycles. The van der Waals surface area contributed by atoms with E-state index in [0.29, 0.717) is 18.4 Å². The van der Waals surface area contributed by atoms with Gasteiger partial charge < -0.3 is 10.5 Å². The van der Waals surface area contributed by atoms with E-state index in [0.717, 1.165) is 12.2 Å². The van der Waals surface area contributed by atoms with Crippen LogP contribution < -0.4 is 11.3 Å². The Labute approximate surface area is 95.2 Å². The molecule has 0 bridgehead atoms. The summed E-state index contributed by atoms with van der Waals surface area (Å²) in [5.74, 6) is 5.99. The van der Waals surface area contributed by atoms with Crippen LogP contribution in [0.2, 0.25) is 0 Å². The molecule has 1 aromatic rings. The van der Waals surface area contributed by atoms with Gasteiger partial charge in [0.1, 0.15) is 5.82 Å². The van der Waals surface area contributed by atoms with E-state index in [9.17, 15) is 0 Å². The molecule has 5 nitrogen and oxygen atoms in total. The Morgan fingerprint density at radius 1 is 1.50 bits per heavy atom. The Morgan fingerprint density at radius 2 is 2.31 bits per heavy atom. The van der Waals surface area contributed by atoms with E-state index in [4.69, 9.17) is 10.9 Å². The molecule has 1 fully saturated rings. The molecule has 88 valence electrons. The second kappa shape index (κ2) is 5.25. The molecule has 1 heterocycles. The third kappa shape index (κ3) is 2.91. The fourth-order valence-corrected chi connectivity index (χ4v) is 1.81. The monoisotopic (exact) mass is 222 g/mol. The third-order valence-electron chi connectivity index (χ3n) is 2.77. The number of rotatable bonds is 6. The van der Waals surface area contributed by atoms with Crippen molar-refractivity contribution in [3.05, 3.63) is 23.9 Å². The summed E-state index contributed by atoms with van der Waals surface area (Å²) < 4.78 is 0. The maximum atomic E-state index is 9.00. The SMILES string of the molecule is NNc1cccc(CN(CCO)C2CC2)n1. The molecule has 0 spiro atoms. The van der Waals surface area contributed by atoms with Gasteiger partial charge in [-0.15, -0.1) is 0 Å². The number of aromatic nitrogens is 1. The first-order chi connectivity index (χ1) is 7.83. The number of nitrogens with two attached hydrogens (primary N) is 1. The number of hydrogen-bond acceptors (Lipinski definition) is 5. The largest absolute Gasteiger partial charge is 0.395 e. The van der Waals surface area contributed by atoms with Gasteiger partial charge in [-0.25, -0.2) is 10.8 Å². The van der Waals surface area contributed by atoms with Crippen LogP contribution in [0.25, 0.3) is 0 Å². The molecule has 2 rings (SSSR count). The zero-order chi connectivity index (χ0) is 11.4. The van der Waals surface area contributed by atoms with Crippen LogP contribution in [0.5, 0.6) is 0 Å². The zero-order valence-electron chi connectivity index (χ0n) is 9.26. The summed E-state index contributed by atoms with van der Waals surface area (Å²) in [6.07, 6.45) is 2.46. The van der Waals surface area contributed by atoms with Gasteiger partial charge >= 0.3 is 0 Å². The quantitative estimate of drug-likeness (QED) is 0.477. The summed E-state index contributed by atoms with van der Waals surface area (Å²) in [4.78, 5) is 6.63. The van der Waals surface area contributed by atoms with Gasteiger partial charge in [0.2, 0.25) is 0 Å². The van der Waals surface area contributed by atoms with E-state index in [2.05, 4.69) is 15.3 Å². The van der Waals surface area contributed by atoms with Crippen LogP contribution in [0.3, 0.4) is 0 Å². The number of aliphatic hydroxyl groups excluding tert-OH is 1. The Bertz CT molecular complexity index is 341. The number of hydrogen-bond donors (Lipinski definition) is 3. The van der Waals surface area contributed by atoms with Crippen LogP contribution >= 0.6 is 0 Å². The normalized spacial score (nSPS) is 15.4. The minimum absolute atomic E-state index is 0.200. The number of nitrogens with zero attached hydrogens (tertiary/aromatic N) is 2. The van der Waals surface area contributed by atoms with E-state index < -0.39 is 0 Å². The van der Waals surface area contributed by atoms with Crippen LogP contribution in [0.15, 0.2) is 18.2 Å². The Hall–Kier alpha value is -1.17.